The lowest BCUT2D eigenvalue weighted by atomic mass is 10.2. The van der Waals surface area contributed by atoms with E-state index in [1.807, 2.05) is 0 Å². The predicted molar refractivity (Wildman–Crippen MR) is 108 cm³/mol. The lowest BCUT2D eigenvalue weighted by Crippen LogP contribution is -2.41. The standard InChI is InChI=1S/C18H17FN4O5S2/c1-10(23-30(26,27)13-5-3-12(19)4-6-13)16(24)22-18-21-15(9-29-18)11-7-14(20-8-11)17(25)28-2/h3-10,20,23H,1-2H3,(H,21,22,24)/t10-/m0/s1. The number of rotatable bonds is 7. The van der Waals surface area contributed by atoms with E-state index in [2.05, 4.69) is 24.7 Å². The van der Waals surface area contributed by atoms with Crippen molar-refractivity contribution in [2.24, 2.45) is 0 Å². The summed E-state index contributed by atoms with van der Waals surface area (Å²) >= 11 is 1.14. The molecule has 12 heteroatoms. The maximum atomic E-state index is 13.0. The first-order chi connectivity index (χ1) is 14.2. The first-order valence-corrected chi connectivity index (χ1v) is 10.9. The molecule has 2 aromatic heterocycles. The van der Waals surface area contributed by atoms with Crippen molar-refractivity contribution in [3.8, 4) is 11.3 Å². The van der Waals surface area contributed by atoms with Gasteiger partial charge in [0, 0.05) is 17.1 Å². The van der Waals surface area contributed by atoms with Crippen LogP contribution in [0.3, 0.4) is 0 Å². The number of thiazole rings is 1. The van der Waals surface area contributed by atoms with Gasteiger partial charge < -0.3 is 15.0 Å². The summed E-state index contributed by atoms with van der Waals surface area (Å²) in [5.41, 5.74) is 1.40. The molecule has 0 aliphatic carbocycles. The van der Waals surface area contributed by atoms with Crippen molar-refractivity contribution in [3.63, 3.8) is 0 Å². The zero-order chi connectivity index (χ0) is 21.9. The van der Waals surface area contributed by atoms with Gasteiger partial charge in [-0.15, -0.1) is 11.3 Å². The highest BCUT2D eigenvalue weighted by atomic mass is 32.2. The number of sulfonamides is 1. The number of aromatic nitrogens is 2. The number of hydrogen-bond acceptors (Lipinski definition) is 7. The second kappa shape index (κ2) is 8.73. The number of H-pyrrole nitrogens is 1. The molecule has 0 radical (unpaired) electrons. The number of halogens is 1. The fraction of sp³-hybridized carbons (Fsp3) is 0.167. The van der Waals surface area contributed by atoms with Crippen molar-refractivity contribution < 1.29 is 27.1 Å². The fourth-order valence-corrected chi connectivity index (χ4v) is 4.34. The fourth-order valence-electron chi connectivity index (χ4n) is 2.42. The van der Waals surface area contributed by atoms with Crippen LogP contribution in [0.25, 0.3) is 11.3 Å². The van der Waals surface area contributed by atoms with Crippen molar-refractivity contribution >= 4 is 38.4 Å². The van der Waals surface area contributed by atoms with E-state index < -0.39 is 33.8 Å². The van der Waals surface area contributed by atoms with Gasteiger partial charge in [-0.1, -0.05) is 0 Å². The number of ether oxygens (including phenoxy) is 1. The van der Waals surface area contributed by atoms with Crippen molar-refractivity contribution in [1.82, 2.24) is 14.7 Å². The van der Waals surface area contributed by atoms with Crippen molar-refractivity contribution in [2.75, 3.05) is 12.4 Å². The lowest BCUT2D eigenvalue weighted by molar-refractivity contribution is -0.117. The average Bonchev–Trinajstić information content (AvgIpc) is 3.36. The average molecular weight is 452 g/mol. The molecule has 1 aromatic carbocycles. The Morgan fingerprint density at radius 2 is 1.97 bits per heavy atom. The Morgan fingerprint density at radius 1 is 1.27 bits per heavy atom. The summed E-state index contributed by atoms with van der Waals surface area (Å²) in [6.45, 7) is 1.37. The van der Waals surface area contributed by atoms with Gasteiger partial charge in [0.05, 0.1) is 23.7 Å². The number of amides is 1. The number of aromatic amines is 1. The second-order valence-corrected chi connectivity index (χ2v) is 8.69. The molecule has 3 rings (SSSR count). The first-order valence-electron chi connectivity index (χ1n) is 8.51. The van der Waals surface area contributed by atoms with Gasteiger partial charge in [0.1, 0.15) is 11.5 Å². The van der Waals surface area contributed by atoms with Gasteiger partial charge in [0.2, 0.25) is 15.9 Å². The Balaban J connectivity index is 1.65. The van der Waals surface area contributed by atoms with Gasteiger partial charge in [-0.2, -0.15) is 4.72 Å². The molecule has 1 amide bonds. The monoisotopic (exact) mass is 452 g/mol. The van der Waals surface area contributed by atoms with Crippen LogP contribution >= 0.6 is 11.3 Å². The lowest BCUT2D eigenvalue weighted by Gasteiger charge is -2.13. The summed E-state index contributed by atoms with van der Waals surface area (Å²) in [6.07, 6.45) is 1.58. The molecule has 158 valence electrons. The molecule has 3 N–H and O–H groups in total. The van der Waals surface area contributed by atoms with Gasteiger partial charge in [-0.05, 0) is 37.3 Å². The first kappa shape index (κ1) is 21.6. The highest BCUT2D eigenvalue weighted by Gasteiger charge is 2.23. The number of hydrogen-bond donors (Lipinski definition) is 3. The van der Waals surface area contributed by atoms with Crippen molar-refractivity contribution in [2.45, 2.75) is 17.9 Å². The number of benzene rings is 1. The molecule has 0 unspecified atom stereocenters. The zero-order valence-corrected chi connectivity index (χ0v) is 17.4. The second-order valence-electron chi connectivity index (χ2n) is 6.12. The summed E-state index contributed by atoms with van der Waals surface area (Å²) in [5, 5.41) is 4.46. The highest BCUT2D eigenvalue weighted by Crippen LogP contribution is 2.25. The predicted octanol–water partition coefficient (Wildman–Crippen LogP) is 2.37. The molecule has 0 aliphatic heterocycles. The molecule has 3 aromatic rings. The van der Waals surface area contributed by atoms with Gasteiger partial charge in [-0.3, -0.25) is 4.79 Å². The molecule has 0 saturated carbocycles. The van der Waals surface area contributed by atoms with Crippen LogP contribution in [-0.2, 0) is 19.6 Å². The van der Waals surface area contributed by atoms with E-state index in [1.165, 1.54) is 14.0 Å². The molecule has 2 heterocycles. The van der Waals surface area contributed by atoms with E-state index in [4.69, 9.17) is 0 Å². The summed E-state index contributed by atoms with van der Waals surface area (Å²) in [4.78, 5) is 30.7. The van der Waals surface area contributed by atoms with E-state index in [9.17, 15) is 22.4 Å². The third-order valence-electron chi connectivity index (χ3n) is 3.97. The summed E-state index contributed by atoms with van der Waals surface area (Å²) < 4.78 is 44.5. The van der Waals surface area contributed by atoms with Gasteiger partial charge >= 0.3 is 5.97 Å². The molecular weight excluding hydrogens is 435 g/mol. The third kappa shape index (κ3) is 4.90. The topological polar surface area (TPSA) is 130 Å². The zero-order valence-electron chi connectivity index (χ0n) is 15.8. The van der Waals surface area contributed by atoms with Crippen LogP contribution in [0.5, 0.6) is 0 Å². The van der Waals surface area contributed by atoms with Crippen LogP contribution in [0, 0.1) is 5.82 Å². The number of anilines is 1. The highest BCUT2D eigenvalue weighted by molar-refractivity contribution is 7.89. The number of esters is 1. The molecular formula is C18H17FN4O5S2. The summed E-state index contributed by atoms with van der Waals surface area (Å²) in [7, 11) is -2.73. The molecule has 1 atom stereocenters. The SMILES string of the molecule is COC(=O)c1cc(-c2csc(NC(=O)[C@H](C)NS(=O)(=O)c3ccc(F)cc3)n2)c[nH]1. The van der Waals surface area contributed by atoms with Crippen LogP contribution in [0.1, 0.15) is 17.4 Å². The Labute approximate surface area is 175 Å². The molecule has 9 nitrogen and oxygen atoms in total. The third-order valence-corrected chi connectivity index (χ3v) is 6.28. The molecule has 0 fully saturated rings. The minimum absolute atomic E-state index is 0.158. The molecule has 30 heavy (non-hydrogen) atoms. The van der Waals surface area contributed by atoms with Crippen molar-refractivity contribution in [3.05, 3.63) is 53.4 Å². The maximum absolute atomic E-state index is 13.0. The van der Waals surface area contributed by atoms with E-state index in [1.54, 1.807) is 17.6 Å². The molecule has 0 spiro atoms. The van der Waals surface area contributed by atoms with Crippen LogP contribution in [0.4, 0.5) is 9.52 Å². The van der Waals surface area contributed by atoms with Crippen LogP contribution in [0.15, 0.2) is 46.8 Å². The minimum atomic E-state index is -4.00. The van der Waals surface area contributed by atoms with E-state index >= 15 is 0 Å². The number of carbonyl (C=O) groups excluding carboxylic acids is 2. The Bertz CT molecular complexity index is 1170. The van der Waals surface area contributed by atoms with Gasteiger partial charge in [0.25, 0.3) is 0 Å². The smallest absolute Gasteiger partial charge is 0.354 e. The van der Waals surface area contributed by atoms with Gasteiger partial charge in [0.15, 0.2) is 5.13 Å². The summed E-state index contributed by atoms with van der Waals surface area (Å²) in [6, 6.07) is 4.70. The molecule has 0 aliphatic rings. The van der Waals surface area contributed by atoms with Crippen LogP contribution in [0.2, 0.25) is 0 Å². The minimum Gasteiger partial charge on any atom is -0.464 e. The normalized spacial score (nSPS) is 12.4. The van der Waals surface area contributed by atoms with Crippen molar-refractivity contribution in [1.29, 1.82) is 0 Å². The van der Waals surface area contributed by atoms with Gasteiger partial charge in [-0.25, -0.2) is 22.6 Å². The number of methoxy groups -OCH3 is 1. The Kier molecular flexibility index (Phi) is 6.29. The largest absolute Gasteiger partial charge is 0.464 e. The van der Waals surface area contributed by atoms with E-state index in [0.29, 0.717) is 11.3 Å². The van der Waals surface area contributed by atoms with E-state index in [-0.39, 0.29) is 15.7 Å². The van der Waals surface area contributed by atoms with Crippen LogP contribution < -0.4 is 10.0 Å². The number of nitrogens with one attached hydrogen (secondary N) is 3. The number of carbonyl (C=O) groups is 2. The Morgan fingerprint density at radius 3 is 2.63 bits per heavy atom. The Hall–Kier alpha value is -3.09. The summed E-state index contributed by atoms with van der Waals surface area (Å²) in [5.74, 6) is -1.71. The molecule has 0 bridgehead atoms. The van der Waals surface area contributed by atoms with Crippen LogP contribution in [-0.4, -0.2) is 43.4 Å². The van der Waals surface area contributed by atoms with E-state index in [0.717, 1.165) is 35.6 Å². The maximum Gasteiger partial charge on any atom is 0.354 e. The molecule has 0 saturated heterocycles. The number of nitrogens with zero attached hydrogens (tertiary/aromatic N) is 1. The quantitative estimate of drug-likeness (QED) is 0.472.